The fraction of sp³-hybridized carbons (Fsp3) is 0.571. The monoisotopic (exact) mass is 316 g/mol. The molecule has 0 saturated carbocycles. The van der Waals surface area contributed by atoms with Gasteiger partial charge in [-0.2, -0.15) is 8.42 Å². The summed E-state index contributed by atoms with van der Waals surface area (Å²) >= 11 is 0. The Balaban J connectivity index is 2.23. The molecule has 6 nitrogen and oxygen atoms in total. The van der Waals surface area contributed by atoms with Gasteiger partial charge in [0.2, 0.25) is 0 Å². The fourth-order valence-corrected chi connectivity index (χ4v) is 3.18. The molecule has 1 fully saturated rings. The standard InChI is InChI=1S/C14H20O6S/c1-9-4-6-12(7-5-9)21(16,17)20-14-11(3)19-8-18-10(2)13(14)15/h4-7,10-11,13-15H,8H2,1-3H3. The molecule has 21 heavy (non-hydrogen) atoms. The van der Waals surface area contributed by atoms with E-state index in [1.54, 1.807) is 26.0 Å². The van der Waals surface area contributed by atoms with Gasteiger partial charge in [0, 0.05) is 0 Å². The van der Waals surface area contributed by atoms with Crippen molar-refractivity contribution in [3.63, 3.8) is 0 Å². The molecule has 7 heteroatoms. The fourth-order valence-electron chi connectivity index (χ4n) is 2.03. The number of hydrogen-bond donors (Lipinski definition) is 1. The summed E-state index contributed by atoms with van der Waals surface area (Å²) in [4.78, 5) is 0.0466. The average molecular weight is 316 g/mol. The van der Waals surface area contributed by atoms with E-state index in [1.165, 1.54) is 12.1 Å². The zero-order valence-electron chi connectivity index (χ0n) is 12.2. The smallest absolute Gasteiger partial charge is 0.297 e. The van der Waals surface area contributed by atoms with Crippen LogP contribution in [-0.2, 0) is 23.8 Å². The van der Waals surface area contributed by atoms with Gasteiger partial charge in [0.15, 0.2) is 0 Å². The van der Waals surface area contributed by atoms with Crippen LogP contribution in [0.1, 0.15) is 19.4 Å². The van der Waals surface area contributed by atoms with E-state index in [0.29, 0.717) is 0 Å². The molecule has 1 aliphatic heterocycles. The van der Waals surface area contributed by atoms with Crippen LogP contribution in [-0.4, -0.2) is 44.7 Å². The molecule has 1 aromatic carbocycles. The highest BCUT2D eigenvalue weighted by Crippen LogP contribution is 2.23. The van der Waals surface area contributed by atoms with Crippen LogP contribution in [0, 0.1) is 6.92 Å². The van der Waals surface area contributed by atoms with Crippen LogP contribution in [0.3, 0.4) is 0 Å². The van der Waals surface area contributed by atoms with E-state index in [1.807, 2.05) is 6.92 Å². The molecule has 1 N–H and O–H groups in total. The molecule has 1 aliphatic rings. The molecule has 118 valence electrons. The van der Waals surface area contributed by atoms with E-state index in [9.17, 15) is 13.5 Å². The first-order valence-corrected chi connectivity index (χ1v) is 8.13. The molecule has 1 aromatic rings. The van der Waals surface area contributed by atoms with Gasteiger partial charge in [0.1, 0.15) is 19.0 Å². The number of benzene rings is 1. The summed E-state index contributed by atoms with van der Waals surface area (Å²) in [6, 6.07) is 6.31. The summed E-state index contributed by atoms with van der Waals surface area (Å²) in [6.45, 7) is 5.13. The third kappa shape index (κ3) is 3.81. The largest absolute Gasteiger partial charge is 0.388 e. The second-order valence-electron chi connectivity index (χ2n) is 5.18. The highest BCUT2D eigenvalue weighted by molar-refractivity contribution is 7.86. The predicted octanol–water partition coefficient (Wildman–Crippen LogP) is 1.21. The summed E-state index contributed by atoms with van der Waals surface area (Å²) in [5.41, 5.74) is 0.946. The first kappa shape index (κ1) is 16.4. The molecule has 1 saturated heterocycles. The maximum atomic E-state index is 12.3. The van der Waals surface area contributed by atoms with Crippen LogP contribution in [0.25, 0.3) is 0 Å². The number of aryl methyl sites for hydroxylation is 1. The number of aliphatic hydroxyl groups is 1. The van der Waals surface area contributed by atoms with Crippen molar-refractivity contribution in [1.82, 2.24) is 0 Å². The Morgan fingerprint density at radius 3 is 2.33 bits per heavy atom. The highest BCUT2D eigenvalue weighted by Gasteiger charge is 2.38. The first-order valence-electron chi connectivity index (χ1n) is 6.72. The summed E-state index contributed by atoms with van der Waals surface area (Å²) in [6.07, 6.45) is -3.30. The predicted molar refractivity (Wildman–Crippen MR) is 75.2 cm³/mol. The van der Waals surface area contributed by atoms with Crippen LogP contribution in [0.15, 0.2) is 29.2 Å². The Bertz CT molecular complexity index is 568. The van der Waals surface area contributed by atoms with Crippen LogP contribution >= 0.6 is 0 Å². The Morgan fingerprint density at radius 1 is 1.14 bits per heavy atom. The van der Waals surface area contributed by atoms with Gasteiger partial charge < -0.3 is 14.6 Å². The summed E-state index contributed by atoms with van der Waals surface area (Å²) in [5, 5.41) is 10.1. The van der Waals surface area contributed by atoms with Gasteiger partial charge in [0.25, 0.3) is 10.1 Å². The quantitative estimate of drug-likeness (QED) is 0.844. The molecule has 2 rings (SSSR count). The Kier molecular flexibility index (Phi) is 5.00. The maximum absolute atomic E-state index is 12.3. The van der Waals surface area contributed by atoms with E-state index in [0.717, 1.165) is 5.56 Å². The third-order valence-electron chi connectivity index (χ3n) is 3.49. The SMILES string of the molecule is Cc1ccc(S(=O)(=O)OC2C(C)OCOC(C)C2O)cc1. The molecule has 0 radical (unpaired) electrons. The van der Waals surface area contributed by atoms with E-state index < -0.39 is 34.5 Å². The Labute approximate surface area is 124 Å². The van der Waals surface area contributed by atoms with Gasteiger partial charge in [-0.05, 0) is 32.9 Å². The molecule has 4 unspecified atom stereocenters. The van der Waals surface area contributed by atoms with Gasteiger partial charge in [-0.3, -0.25) is 4.18 Å². The highest BCUT2D eigenvalue weighted by atomic mass is 32.2. The van der Waals surface area contributed by atoms with E-state index >= 15 is 0 Å². The topological polar surface area (TPSA) is 82.1 Å². The molecule has 4 atom stereocenters. The van der Waals surface area contributed by atoms with Crippen molar-refractivity contribution in [2.45, 2.75) is 50.1 Å². The van der Waals surface area contributed by atoms with E-state index in [4.69, 9.17) is 13.7 Å². The number of hydrogen-bond acceptors (Lipinski definition) is 6. The minimum atomic E-state index is -3.98. The zero-order chi connectivity index (χ0) is 15.6. The van der Waals surface area contributed by atoms with Gasteiger partial charge >= 0.3 is 0 Å². The van der Waals surface area contributed by atoms with Gasteiger partial charge in [-0.25, -0.2) is 0 Å². The Morgan fingerprint density at radius 2 is 1.71 bits per heavy atom. The molecule has 0 amide bonds. The van der Waals surface area contributed by atoms with Crippen LogP contribution < -0.4 is 0 Å². The lowest BCUT2D eigenvalue weighted by atomic mass is 10.1. The lowest BCUT2D eigenvalue weighted by molar-refractivity contribution is -0.0960. The molecular formula is C14H20O6S. The van der Waals surface area contributed by atoms with Gasteiger partial charge in [-0.1, -0.05) is 17.7 Å². The van der Waals surface area contributed by atoms with Crippen molar-refractivity contribution in [3.8, 4) is 0 Å². The van der Waals surface area contributed by atoms with Gasteiger partial charge in [0.05, 0.1) is 17.1 Å². The lowest BCUT2D eigenvalue weighted by Crippen LogP contribution is -2.44. The van der Waals surface area contributed by atoms with Crippen LogP contribution in [0.2, 0.25) is 0 Å². The minimum absolute atomic E-state index is 0.0101. The Hall–Kier alpha value is -0.990. The number of aliphatic hydroxyl groups excluding tert-OH is 1. The zero-order valence-corrected chi connectivity index (χ0v) is 13.0. The number of ether oxygens (including phenoxy) is 2. The minimum Gasteiger partial charge on any atom is -0.388 e. The van der Waals surface area contributed by atoms with E-state index in [-0.39, 0.29) is 11.7 Å². The van der Waals surface area contributed by atoms with Crippen molar-refractivity contribution < 1.29 is 27.2 Å². The average Bonchev–Trinajstić information content (AvgIpc) is 2.54. The molecule has 0 bridgehead atoms. The van der Waals surface area contributed by atoms with Crippen molar-refractivity contribution in [1.29, 1.82) is 0 Å². The molecular weight excluding hydrogens is 296 g/mol. The van der Waals surface area contributed by atoms with Crippen molar-refractivity contribution in [2.75, 3.05) is 6.79 Å². The van der Waals surface area contributed by atoms with Gasteiger partial charge in [-0.15, -0.1) is 0 Å². The lowest BCUT2D eigenvalue weighted by Gasteiger charge is -2.26. The van der Waals surface area contributed by atoms with E-state index in [2.05, 4.69) is 0 Å². The second kappa shape index (κ2) is 6.41. The molecule has 0 aromatic heterocycles. The first-order chi connectivity index (χ1) is 9.81. The maximum Gasteiger partial charge on any atom is 0.297 e. The second-order valence-corrected chi connectivity index (χ2v) is 6.75. The summed E-state index contributed by atoms with van der Waals surface area (Å²) in [5.74, 6) is 0. The molecule has 1 heterocycles. The summed E-state index contributed by atoms with van der Waals surface area (Å²) < 4.78 is 40.3. The molecule has 0 spiro atoms. The normalized spacial score (nSPS) is 30.9. The van der Waals surface area contributed by atoms with Crippen molar-refractivity contribution >= 4 is 10.1 Å². The van der Waals surface area contributed by atoms with Crippen molar-refractivity contribution in [3.05, 3.63) is 29.8 Å². The van der Waals surface area contributed by atoms with Crippen LogP contribution in [0.4, 0.5) is 0 Å². The van der Waals surface area contributed by atoms with Crippen molar-refractivity contribution in [2.24, 2.45) is 0 Å². The number of rotatable bonds is 3. The summed E-state index contributed by atoms with van der Waals surface area (Å²) in [7, 11) is -3.98. The van der Waals surface area contributed by atoms with Crippen LogP contribution in [0.5, 0.6) is 0 Å². The molecule has 0 aliphatic carbocycles. The third-order valence-corrected chi connectivity index (χ3v) is 4.81.